The molecule has 1 saturated heterocycles. The van der Waals surface area contributed by atoms with E-state index in [2.05, 4.69) is 12.2 Å². The van der Waals surface area contributed by atoms with E-state index in [4.69, 9.17) is 4.74 Å². The van der Waals surface area contributed by atoms with E-state index in [1.807, 2.05) is 18.2 Å². The van der Waals surface area contributed by atoms with E-state index < -0.39 is 21.5 Å². The van der Waals surface area contributed by atoms with Crippen LogP contribution in [0.15, 0.2) is 24.3 Å². The molecule has 0 radical (unpaired) electrons. The van der Waals surface area contributed by atoms with Crippen LogP contribution in [0.25, 0.3) is 0 Å². The Hall–Kier alpha value is -1.56. The second-order valence-electron chi connectivity index (χ2n) is 7.54. The van der Waals surface area contributed by atoms with Crippen LogP contribution in [0.2, 0.25) is 0 Å². The summed E-state index contributed by atoms with van der Waals surface area (Å²) in [5.74, 6) is 0.635. The summed E-state index contributed by atoms with van der Waals surface area (Å²) < 4.78 is 28.8. The van der Waals surface area contributed by atoms with E-state index in [0.29, 0.717) is 12.2 Å². The van der Waals surface area contributed by atoms with Crippen LogP contribution in [-0.2, 0) is 16.3 Å². The predicted octanol–water partition coefficient (Wildman–Crippen LogP) is 4.26. The van der Waals surface area contributed by atoms with Crippen LogP contribution >= 0.6 is 0 Å². The number of hydrogen-bond donors (Lipinski definition) is 1. The van der Waals surface area contributed by atoms with Gasteiger partial charge in [0, 0.05) is 0 Å². The molecule has 1 amide bonds. The Bertz CT molecular complexity index is 702. The van der Waals surface area contributed by atoms with Crippen molar-refractivity contribution in [3.63, 3.8) is 0 Å². The molecule has 0 aliphatic carbocycles. The molecule has 1 fully saturated rings. The number of unbranched alkanes of at least 4 members (excludes halogenated alkanes) is 5. The molecule has 5 nitrogen and oxygen atoms in total. The fourth-order valence-electron chi connectivity index (χ4n) is 3.39. The lowest BCUT2D eigenvalue weighted by Gasteiger charge is -2.23. The average Bonchev–Trinajstić information content (AvgIpc) is 2.85. The maximum Gasteiger partial charge on any atom is 0.413 e. The summed E-state index contributed by atoms with van der Waals surface area (Å²) in [5.41, 5.74) is 0.270. The average molecular weight is 382 g/mol. The molecule has 6 heteroatoms. The lowest BCUT2D eigenvalue weighted by atomic mass is 10.0. The van der Waals surface area contributed by atoms with Crippen molar-refractivity contribution in [2.45, 2.75) is 70.8 Å². The number of benzene rings is 1. The molecule has 2 rings (SSSR count). The van der Waals surface area contributed by atoms with Crippen molar-refractivity contribution in [3.05, 3.63) is 29.8 Å². The number of sulfone groups is 1. The molecule has 0 spiro atoms. The van der Waals surface area contributed by atoms with Crippen molar-refractivity contribution < 1.29 is 17.9 Å². The summed E-state index contributed by atoms with van der Waals surface area (Å²) in [6.07, 6.45) is 8.01. The molecule has 146 valence electrons. The molecule has 0 bridgehead atoms. The van der Waals surface area contributed by atoms with Gasteiger partial charge in [0.05, 0.1) is 17.0 Å². The summed E-state index contributed by atoms with van der Waals surface area (Å²) in [5, 5.41) is 2.74. The highest BCUT2D eigenvalue weighted by molar-refractivity contribution is 7.91. The monoisotopic (exact) mass is 381 g/mol. The van der Waals surface area contributed by atoms with Crippen LogP contribution in [0.3, 0.4) is 0 Å². The second kappa shape index (κ2) is 9.40. The minimum Gasteiger partial charge on any atom is -0.410 e. The van der Waals surface area contributed by atoms with Crippen LogP contribution in [0.1, 0.15) is 64.4 Å². The lowest BCUT2D eigenvalue weighted by molar-refractivity contribution is 0.188. The molecule has 1 aromatic rings. The zero-order chi connectivity index (χ0) is 19.0. The number of nitrogens with one attached hydrogen (secondary N) is 1. The third-order valence-electron chi connectivity index (χ3n) is 4.88. The minimum absolute atomic E-state index is 0.0332. The van der Waals surface area contributed by atoms with E-state index >= 15 is 0 Å². The number of amides is 1. The first-order chi connectivity index (χ1) is 12.3. The smallest absolute Gasteiger partial charge is 0.410 e. The fourth-order valence-corrected chi connectivity index (χ4v) is 5.48. The third kappa shape index (κ3) is 6.63. The summed E-state index contributed by atoms with van der Waals surface area (Å²) in [4.78, 5) is 12.3. The summed E-state index contributed by atoms with van der Waals surface area (Å²) in [7, 11) is -3.07. The van der Waals surface area contributed by atoms with Gasteiger partial charge in [-0.15, -0.1) is 0 Å². The van der Waals surface area contributed by atoms with Crippen molar-refractivity contribution in [2.75, 3.05) is 11.5 Å². The standard InChI is InChI=1S/C20H31NO4S/c1-3-4-5-6-7-8-11-17-12-9-10-13-18(17)25-19(22)21-20(2)14-15-26(23,24)16-20/h9-10,12-13H,3-8,11,14-16H2,1-2H3,(H,21,22). The van der Waals surface area contributed by atoms with Gasteiger partial charge in [-0.25, -0.2) is 13.2 Å². The molecule has 26 heavy (non-hydrogen) atoms. The van der Waals surface area contributed by atoms with Crippen molar-refractivity contribution >= 4 is 15.9 Å². The fraction of sp³-hybridized carbons (Fsp3) is 0.650. The minimum atomic E-state index is -3.07. The largest absolute Gasteiger partial charge is 0.413 e. The van der Waals surface area contributed by atoms with Gasteiger partial charge in [-0.1, -0.05) is 57.2 Å². The first-order valence-corrected chi connectivity index (χ1v) is 11.4. The van der Waals surface area contributed by atoms with Gasteiger partial charge in [0.25, 0.3) is 0 Å². The van der Waals surface area contributed by atoms with Crippen LogP contribution in [0.5, 0.6) is 5.75 Å². The number of rotatable bonds is 9. The number of carbonyl (C=O) groups excluding carboxylic acids is 1. The Morgan fingerprint density at radius 2 is 1.85 bits per heavy atom. The van der Waals surface area contributed by atoms with Gasteiger partial charge in [0.15, 0.2) is 9.84 Å². The topological polar surface area (TPSA) is 72.5 Å². The molecule has 0 aromatic heterocycles. The van der Waals surface area contributed by atoms with E-state index in [0.717, 1.165) is 18.4 Å². The number of aryl methyl sites for hydroxylation is 1. The van der Waals surface area contributed by atoms with Crippen molar-refractivity contribution in [2.24, 2.45) is 0 Å². The van der Waals surface area contributed by atoms with Gasteiger partial charge < -0.3 is 10.1 Å². The number of para-hydroxylation sites is 1. The van der Waals surface area contributed by atoms with Gasteiger partial charge >= 0.3 is 6.09 Å². The van der Waals surface area contributed by atoms with Crippen LogP contribution < -0.4 is 10.1 Å². The first-order valence-electron chi connectivity index (χ1n) is 9.62. The van der Waals surface area contributed by atoms with Crippen LogP contribution in [0.4, 0.5) is 4.79 Å². The van der Waals surface area contributed by atoms with E-state index in [9.17, 15) is 13.2 Å². The number of hydrogen-bond acceptors (Lipinski definition) is 4. The molecule has 1 unspecified atom stereocenters. The molecule has 1 atom stereocenters. The predicted molar refractivity (Wildman–Crippen MR) is 104 cm³/mol. The van der Waals surface area contributed by atoms with Gasteiger partial charge in [-0.2, -0.15) is 0 Å². The highest BCUT2D eigenvalue weighted by Gasteiger charge is 2.40. The molecule has 1 N–H and O–H groups in total. The molecule has 0 saturated carbocycles. The maximum absolute atomic E-state index is 12.3. The Morgan fingerprint density at radius 1 is 1.15 bits per heavy atom. The Kier molecular flexibility index (Phi) is 7.50. The highest BCUT2D eigenvalue weighted by atomic mass is 32.2. The SMILES string of the molecule is CCCCCCCCc1ccccc1OC(=O)NC1(C)CCS(=O)(=O)C1. The molecular weight excluding hydrogens is 350 g/mol. The second-order valence-corrected chi connectivity index (χ2v) is 9.73. The van der Waals surface area contributed by atoms with Crippen LogP contribution in [-0.4, -0.2) is 31.6 Å². The normalized spacial score (nSPS) is 21.5. The van der Waals surface area contributed by atoms with Gasteiger partial charge in [-0.3, -0.25) is 0 Å². The summed E-state index contributed by atoms with van der Waals surface area (Å²) >= 11 is 0. The van der Waals surface area contributed by atoms with Crippen molar-refractivity contribution in [3.8, 4) is 5.75 Å². The Balaban J connectivity index is 1.86. The summed E-state index contributed by atoms with van der Waals surface area (Å²) in [6.45, 7) is 3.96. The number of carbonyl (C=O) groups is 1. The zero-order valence-corrected chi connectivity index (χ0v) is 16.7. The third-order valence-corrected chi connectivity index (χ3v) is 6.79. The van der Waals surface area contributed by atoms with Gasteiger partial charge in [0.1, 0.15) is 5.75 Å². The maximum atomic E-state index is 12.3. The zero-order valence-electron chi connectivity index (χ0n) is 15.9. The molecule has 1 aromatic carbocycles. The Labute approximate surface area is 157 Å². The summed E-state index contributed by atoms with van der Waals surface area (Å²) in [6, 6.07) is 7.56. The molecular formula is C20H31NO4S. The van der Waals surface area contributed by atoms with Crippen molar-refractivity contribution in [1.29, 1.82) is 0 Å². The van der Waals surface area contributed by atoms with Crippen molar-refractivity contribution in [1.82, 2.24) is 5.32 Å². The lowest BCUT2D eigenvalue weighted by Crippen LogP contribution is -2.48. The van der Waals surface area contributed by atoms with Gasteiger partial charge in [-0.05, 0) is 37.8 Å². The Morgan fingerprint density at radius 3 is 2.54 bits per heavy atom. The highest BCUT2D eigenvalue weighted by Crippen LogP contribution is 2.24. The quantitative estimate of drug-likeness (QED) is 0.649. The van der Waals surface area contributed by atoms with Gasteiger partial charge in [0.2, 0.25) is 0 Å². The van der Waals surface area contributed by atoms with Crippen LogP contribution in [0, 0.1) is 0 Å². The number of ether oxygens (including phenoxy) is 1. The van der Waals surface area contributed by atoms with E-state index in [1.165, 1.54) is 32.1 Å². The molecule has 1 aliphatic heterocycles. The first kappa shape index (κ1) is 20.7. The van der Waals surface area contributed by atoms with E-state index in [1.54, 1.807) is 13.0 Å². The van der Waals surface area contributed by atoms with E-state index in [-0.39, 0.29) is 11.5 Å². The molecule has 1 heterocycles. The molecule has 1 aliphatic rings.